The highest BCUT2D eigenvalue weighted by atomic mass is 32.2. The van der Waals surface area contributed by atoms with E-state index >= 15 is 0 Å². The Morgan fingerprint density at radius 1 is 0.900 bits per heavy atom. The molecule has 0 radical (unpaired) electrons. The maximum atomic E-state index is 12.6. The van der Waals surface area contributed by atoms with Crippen molar-refractivity contribution in [3.05, 3.63) is 48.5 Å². The Hall–Kier alpha value is -3.16. The number of benzene rings is 2. The fourth-order valence-corrected chi connectivity index (χ4v) is 5.89. The summed E-state index contributed by atoms with van der Waals surface area (Å²) in [5, 5.41) is 7.75. The highest BCUT2D eigenvalue weighted by molar-refractivity contribution is 7.89. The molecule has 9 nitrogen and oxygen atoms in total. The van der Waals surface area contributed by atoms with Gasteiger partial charge in [-0.2, -0.15) is 4.98 Å². The molecule has 218 valence electrons. The van der Waals surface area contributed by atoms with Crippen LogP contribution in [-0.4, -0.2) is 50.9 Å². The van der Waals surface area contributed by atoms with Gasteiger partial charge in [0, 0.05) is 25.0 Å². The molecule has 1 heterocycles. The minimum atomic E-state index is -4.83. The van der Waals surface area contributed by atoms with Gasteiger partial charge in [0.1, 0.15) is 11.6 Å². The summed E-state index contributed by atoms with van der Waals surface area (Å²) in [4.78, 5) is 9.26. The smallest absolute Gasteiger partial charge is 0.406 e. The molecule has 1 aromatic heterocycles. The van der Waals surface area contributed by atoms with E-state index in [-0.39, 0.29) is 17.4 Å². The number of alkyl halides is 3. The fourth-order valence-electron chi connectivity index (χ4n) is 4.77. The van der Waals surface area contributed by atoms with Crippen molar-refractivity contribution >= 4 is 32.7 Å². The quantitative estimate of drug-likeness (QED) is 0.211. The van der Waals surface area contributed by atoms with Crippen LogP contribution in [0.3, 0.4) is 0 Å². The summed E-state index contributed by atoms with van der Waals surface area (Å²) < 4.78 is 68.6. The Bertz CT molecular complexity index is 1350. The number of nitrogens with two attached hydrogens (primary N) is 1. The van der Waals surface area contributed by atoms with E-state index in [9.17, 15) is 21.6 Å². The van der Waals surface area contributed by atoms with Crippen molar-refractivity contribution in [3.8, 4) is 5.75 Å². The first kappa shape index (κ1) is 29.8. The topological polar surface area (TPSA) is 131 Å². The lowest BCUT2D eigenvalue weighted by molar-refractivity contribution is -0.274. The summed E-state index contributed by atoms with van der Waals surface area (Å²) >= 11 is 0. The highest BCUT2D eigenvalue weighted by Crippen LogP contribution is 2.30. The molecule has 4 rings (SSSR count). The predicted octanol–water partition coefficient (Wildman–Crippen LogP) is 4.88. The summed E-state index contributed by atoms with van der Waals surface area (Å²) in [7, 11) is -3.84. The molecule has 1 saturated carbocycles. The average molecular weight is 581 g/mol. The molecule has 1 aliphatic rings. The van der Waals surface area contributed by atoms with Gasteiger partial charge in [0.2, 0.25) is 16.0 Å². The van der Waals surface area contributed by atoms with E-state index in [1.807, 2.05) is 24.3 Å². The number of hydrogen-bond acceptors (Lipinski definition) is 8. The lowest BCUT2D eigenvalue weighted by Crippen LogP contribution is -2.32. The van der Waals surface area contributed by atoms with Crippen molar-refractivity contribution in [2.24, 2.45) is 17.6 Å². The van der Waals surface area contributed by atoms with Crippen LogP contribution in [0.4, 0.5) is 24.9 Å². The molecule has 0 saturated heterocycles. The summed E-state index contributed by atoms with van der Waals surface area (Å²) in [5.41, 5.74) is 6.46. The molecule has 5 N–H and O–H groups in total. The monoisotopic (exact) mass is 580 g/mol. The van der Waals surface area contributed by atoms with Crippen LogP contribution >= 0.6 is 0 Å². The van der Waals surface area contributed by atoms with Crippen LogP contribution in [0, 0.1) is 11.8 Å². The van der Waals surface area contributed by atoms with Gasteiger partial charge in [0.05, 0.1) is 10.4 Å². The van der Waals surface area contributed by atoms with Crippen LogP contribution < -0.4 is 25.8 Å². The number of hydrogen-bond donors (Lipinski definition) is 4. The molecule has 2 aromatic carbocycles. The number of nitrogens with zero attached hydrogens (tertiary/aromatic N) is 2. The van der Waals surface area contributed by atoms with Gasteiger partial charge in [-0.1, -0.05) is 12.1 Å². The number of rotatable bonds is 13. The first-order valence-electron chi connectivity index (χ1n) is 13.4. The number of ether oxygens (including phenoxy) is 1. The van der Waals surface area contributed by atoms with Gasteiger partial charge in [-0.25, -0.2) is 18.1 Å². The van der Waals surface area contributed by atoms with Crippen LogP contribution in [-0.2, 0) is 10.0 Å². The number of anilines is 2. The lowest BCUT2D eigenvalue weighted by Gasteiger charge is -2.28. The maximum Gasteiger partial charge on any atom is 0.573 e. The zero-order valence-electron chi connectivity index (χ0n) is 22.1. The van der Waals surface area contributed by atoms with Crippen LogP contribution in [0.25, 0.3) is 10.9 Å². The van der Waals surface area contributed by atoms with Crippen molar-refractivity contribution in [3.63, 3.8) is 0 Å². The van der Waals surface area contributed by atoms with Crippen molar-refractivity contribution in [2.45, 2.75) is 49.8 Å². The molecule has 0 spiro atoms. The van der Waals surface area contributed by atoms with E-state index < -0.39 is 22.1 Å². The molecular formula is C27H35F3N6O3S. The first-order chi connectivity index (χ1) is 19.1. The molecule has 40 heavy (non-hydrogen) atoms. The zero-order valence-corrected chi connectivity index (χ0v) is 22.9. The summed E-state index contributed by atoms with van der Waals surface area (Å²) in [6, 6.07) is 12.0. The van der Waals surface area contributed by atoms with Crippen molar-refractivity contribution in [1.29, 1.82) is 0 Å². The lowest BCUT2D eigenvalue weighted by atomic mass is 9.82. The Morgan fingerprint density at radius 3 is 2.25 bits per heavy atom. The normalized spacial score (nSPS) is 18.0. The van der Waals surface area contributed by atoms with E-state index in [0.717, 1.165) is 92.6 Å². The van der Waals surface area contributed by atoms with Crippen molar-refractivity contribution < 1.29 is 26.3 Å². The number of nitrogens with one attached hydrogen (secondary N) is 3. The van der Waals surface area contributed by atoms with Crippen LogP contribution in [0.2, 0.25) is 0 Å². The van der Waals surface area contributed by atoms with E-state index in [4.69, 9.17) is 10.7 Å². The first-order valence-corrected chi connectivity index (χ1v) is 14.9. The zero-order chi connectivity index (χ0) is 28.6. The number of unbranched alkanes of at least 4 members (excludes halogenated alkanes) is 1. The largest absolute Gasteiger partial charge is 0.573 e. The maximum absolute atomic E-state index is 12.6. The summed E-state index contributed by atoms with van der Waals surface area (Å²) in [6.45, 7) is 2.43. The highest BCUT2D eigenvalue weighted by Gasteiger charge is 2.31. The predicted molar refractivity (Wildman–Crippen MR) is 149 cm³/mol. The second-order valence-corrected chi connectivity index (χ2v) is 11.7. The Kier molecular flexibility index (Phi) is 10.0. The molecule has 0 aliphatic heterocycles. The Labute approximate surface area is 232 Å². The van der Waals surface area contributed by atoms with Gasteiger partial charge in [0.15, 0.2) is 0 Å². The number of sulfonamides is 1. The second kappa shape index (κ2) is 13.5. The molecule has 1 fully saturated rings. The van der Waals surface area contributed by atoms with Gasteiger partial charge < -0.3 is 21.1 Å². The van der Waals surface area contributed by atoms with Gasteiger partial charge in [-0.05, 0) is 93.3 Å². The standard InChI is InChI=1S/C27H35F3N6O3S/c28-27(29,30)39-21-11-13-22(14-12-21)40(37,38)34-18-20-9-7-19(8-10-20)17-33-26-35-24-6-2-1-5-23(24)25(36-26)32-16-4-3-15-31/h1-2,5-6,11-14,19-20,34H,3-4,7-10,15-18,31H2,(H2,32,33,35,36). The van der Waals surface area contributed by atoms with Gasteiger partial charge in [-0.3, -0.25) is 0 Å². The van der Waals surface area contributed by atoms with Gasteiger partial charge in [-0.15, -0.1) is 13.2 Å². The molecule has 0 atom stereocenters. The molecule has 1 aliphatic carbocycles. The second-order valence-electron chi connectivity index (χ2n) is 9.97. The third kappa shape index (κ3) is 8.67. The number of fused-ring (bicyclic) bond motifs is 1. The Morgan fingerprint density at radius 2 is 1.57 bits per heavy atom. The number of aromatic nitrogens is 2. The van der Waals surface area contributed by atoms with Crippen molar-refractivity contribution in [1.82, 2.24) is 14.7 Å². The SMILES string of the molecule is NCCCCNc1nc(NCC2CCC(CNS(=O)(=O)c3ccc(OC(F)(F)F)cc3)CC2)nc2ccccc12. The van der Waals surface area contributed by atoms with E-state index in [1.54, 1.807) is 0 Å². The van der Waals surface area contributed by atoms with Crippen LogP contribution in [0.5, 0.6) is 5.75 Å². The number of para-hydroxylation sites is 1. The van der Waals surface area contributed by atoms with Crippen LogP contribution in [0.15, 0.2) is 53.4 Å². The third-order valence-corrected chi connectivity index (χ3v) is 8.41. The third-order valence-electron chi connectivity index (χ3n) is 6.97. The van der Waals surface area contributed by atoms with E-state index in [1.165, 1.54) is 0 Å². The molecule has 0 unspecified atom stereocenters. The van der Waals surface area contributed by atoms with Gasteiger partial charge >= 0.3 is 6.36 Å². The average Bonchev–Trinajstić information content (AvgIpc) is 2.93. The minimum Gasteiger partial charge on any atom is -0.406 e. The van der Waals surface area contributed by atoms with E-state index in [2.05, 4.69) is 25.1 Å². The Balaban J connectivity index is 1.25. The number of halogens is 3. The van der Waals surface area contributed by atoms with Gasteiger partial charge in [0.25, 0.3) is 0 Å². The van der Waals surface area contributed by atoms with Crippen LogP contribution in [0.1, 0.15) is 38.5 Å². The van der Waals surface area contributed by atoms with E-state index in [0.29, 0.717) is 18.4 Å². The molecule has 0 bridgehead atoms. The summed E-state index contributed by atoms with van der Waals surface area (Å²) in [6.07, 6.45) is 0.653. The molecule has 0 amide bonds. The van der Waals surface area contributed by atoms with Crippen molar-refractivity contribution in [2.75, 3.05) is 36.8 Å². The minimum absolute atomic E-state index is 0.108. The molecule has 13 heteroatoms. The molecular weight excluding hydrogens is 545 g/mol. The summed E-state index contributed by atoms with van der Waals surface area (Å²) in [5.74, 6) is 1.48. The fraction of sp³-hybridized carbons (Fsp3) is 0.481. The molecule has 3 aromatic rings.